The van der Waals surface area contributed by atoms with E-state index in [9.17, 15) is 0 Å². The molecule has 1 aromatic heterocycles. The molecule has 84 valence electrons. The van der Waals surface area contributed by atoms with Crippen LogP contribution in [0.15, 0.2) is 34.9 Å². The third-order valence-corrected chi connectivity index (χ3v) is 2.32. The number of hydrogen-bond donors (Lipinski definition) is 1. The maximum Gasteiger partial charge on any atom is 0.257 e. The zero-order valence-corrected chi connectivity index (χ0v) is 9.31. The van der Waals surface area contributed by atoms with Crippen molar-refractivity contribution < 1.29 is 4.52 Å². The van der Waals surface area contributed by atoms with Gasteiger partial charge in [0.1, 0.15) is 0 Å². The third-order valence-electron chi connectivity index (χ3n) is 2.32. The lowest BCUT2D eigenvalue weighted by molar-refractivity contribution is 0.421. The number of aromatic nitrogens is 2. The molecule has 0 bridgehead atoms. The minimum absolute atomic E-state index is 0.597. The molecule has 0 saturated carbocycles. The summed E-state index contributed by atoms with van der Waals surface area (Å²) in [5, 5.41) is 7.04. The van der Waals surface area contributed by atoms with Gasteiger partial charge in [-0.2, -0.15) is 4.98 Å². The van der Waals surface area contributed by atoms with Crippen LogP contribution in [0.4, 0.5) is 0 Å². The molecule has 0 aliphatic heterocycles. The van der Waals surface area contributed by atoms with Gasteiger partial charge in [0.05, 0.1) is 0 Å². The van der Waals surface area contributed by atoms with Crippen molar-refractivity contribution in [2.75, 3.05) is 13.6 Å². The van der Waals surface area contributed by atoms with Gasteiger partial charge in [-0.15, -0.1) is 0 Å². The van der Waals surface area contributed by atoms with Gasteiger partial charge >= 0.3 is 0 Å². The van der Waals surface area contributed by atoms with Gasteiger partial charge in [-0.25, -0.2) is 0 Å². The second-order valence-electron chi connectivity index (χ2n) is 3.59. The quantitative estimate of drug-likeness (QED) is 0.777. The monoisotopic (exact) mass is 217 g/mol. The zero-order valence-electron chi connectivity index (χ0n) is 9.31. The smallest absolute Gasteiger partial charge is 0.257 e. The van der Waals surface area contributed by atoms with Crippen LogP contribution in [0.3, 0.4) is 0 Å². The van der Waals surface area contributed by atoms with Gasteiger partial charge in [0.15, 0.2) is 5.82 Å². The maximum atomic E-state index is 5.20. The minimum Gasteiger partial charge on any atom is -0.334 e. The van der Waals surface area contributed by atoms with E-state index >= 15 is 0 Å². The molecule has 0 aliphatic rings. The molecule has 0 saturated heterocycles. The highest BCUT2D eigenvalue weighted by Gasteiger charge is 2.07. The van der Waals surface area contributed by atoms with Crippen LogP contribution in [0.1, 0.15) is 12.2 Å². The number of hydrogen-bond acceptors (Lipinski definition) is 4. The SMILES string of the molecule is CNCCCc1noc(-c2ccccc2)n1. The van der Waals surface area contributed by atoms with Crippen LogP contribution < -0.4 is 5.32 Å². The molecule has 0 atom stereocenters. The van der Waals surface area contributed by atoms with Gasteiger partial charge in [-0.05, 0) is 32.1 Å². The normalized spacial score (nSPS) is 10.6. The molecule has 0 spiro atoms. The molecule has 0 amide bonds. The van der Waals surface area contributed by atoms with Crippen molar-refractivity contribution in [1.29, 1.82) is 0 Å². The molecule has 0 fully saturated rings. The van der Waals surface area contributed by atoms with Crippen molar-refractivity contribution in [2.45, 2.75) is 12.8 Å². The van der Waals surface area contributed by atoms with Gasteiger partial charge in [0.2, 0.25) is 0 Å². The zero-order chi connectivity index (χ0) is 11.2. The molecule has 4 nitrogen and oxygen atoms in total. The number of aryl methyl sites for hydroxylation is 1. The van der Waals surface area contributed by atoms with Crippen molar-refractivity contribution in [1.82, 2.24) is 15.5 Å². The summed E-state index contributed by atoms with van der Waals surface area (Å²) in [6.45, 7) is 0.967. The van der Waals surface area contributed by atoms with Crippen molar-refractivity contribution in [3.63, 3.8) is 0 Å². The minimum atomic E-state index is 0.597. The fourth-order valence-electron chi connectivity index (χ4n) is 1.48. The molecule has 1 aromatic carbocycles. The van der Waals surface area contributed by atoms with E-state index in [4.69, 9.17) is 4.52 Å². The van der Waals surface area contributed by atoms with E-state index in [0.29, 0.717) is 5.89 Å². The molecule has 4 heteroatoms. The Hall–Kier alpha value is -1.68. The Morgan fingerprint density at radius 1 is 1.25 bits per heavy atom. The fraction of sp³-hybridized carbons (Fsp3) is 0.333. The van der Waals surface area contributed by atoms with Crippen LogP contribution in [-0.4, -0.2) is 23.7 Å². The van der Waals surface area contributed by atoms with E-state index in [1.165, 1.54) is 0 Å². The van der Waals surface area contributed by atoms with Gasteiger partial charge in [-0.1, -0.05) is 23.4 Å². The van der Waals surface area contributed by atoms with Crippen LogP contribution in [-0.2, 0) is 6.42 Å². The topological polar surface area (TPSA) is 51.0 Å². The lowest BCUT2D eigenvalue weighted by atomic mass is 10.2. The van der Waals surface area contributed by atoms with Crippen LogP contribution >= 0.6 is 0 Å². The summed E-state index contributed by atoms with van der Waals surface area (Å²) in [6, 6.07) is 9.81. The lowest BCUT2D eigenvalue weighted by Crippen LogP contribution is -2.08. The fourth-order valence-corrected chi connectivity index (χ4v) is 1.48. The van der Waals surface area contributed by atoms with Gasteiger partial charge in [0.25, 0.3) is 5.89 Å². The van der Waals surface area contributed by atoms with Crippen molar-refractivity contribution >= 4 is 0 Å². The lowest BCUT2D eigenvalue weighted by Gasteiger charge is -1.93. The van der Waals surface area contributed by atoms with Crippen molar-refractivity contribution in [2.24, 2.45) is 0 Å². The Morgan fingerprint density at radius 3 is 2.81 bits per heavy atom. The predicted molar refractivity (Wildman–Crippen MR) is 62.0 cm³/mol. The summed E-state index contributed by atoms with van der Waals surface area (Å²) in [5.74, 6) is 1.37. The molecule has 1 N–H and O–H groups in total. The summed E-state index contributed by atoms with van der Waals surface area (Å²) >= 11 is 0. The first-order valence-electron chi connectivity index (χ1n) is 5.43. The van der Waals surface area contributed by atoms with E-state index in [1.807, 2.05) is 37.4 Å². The number of nitrogens with zero attached hydrogens (tertiary/aromatic N) is 2. The number of benzene rings is 1. The highest BCUT2D eigenvalue weighted by molar-refractivity contribution is 5.51. The average molecular weight is 217 g/mol. The molecule has 0 radical (unpaired) electrons. The standard InChI is InChI=1S/C12H15N3O/c1-13-9-5-8-11-14-12(16-15-11)10-6-3-2-4-7-10/h2-4,6-7,13H,5,8-9H2,1H3. The van der Waals surface area contributed by atoms with Gasteiger partial charge in [0, 0.05) is 12.0 Å². The van der Waals surface area contributed by atoms with Crippen LogP contribution in [0.25, 0.3) is 11.5 Å². The maximum absolute atomic E-state index is 5.20. The summed E-state index contributed by atoms with van der Waals surface area (Å²) in [7, 11) is 1.94. The molecule has 0 aliphatic carbocycles. The Bertz CT molecular complexity index is 425. The first-order valence-corrected chi connectivity index (χ1v) is 5.43. The van der Waals surface area contributed by atoms with E-state index in [2.05, 4.69) is 15.5 Å². The van der Waals surface area contributed by atoms with Gasteiger partial charge in [-0.3, -0.25) is 0 Å². The summed E-state index contributed by atoms with van der Waals surface area (Å²) in [6.07, 6.45) is 1.86. The molecular formula is C12H15N3O. The van der Waals surface area contributed by atoms with E-state index in [-0.39, 0.29) is 0 Å². The molecular weight excluding hydrogens is 202 g/mol. The number of rotatable bonds is 5. The van der Waals surface area contributed by atoms with E-state index in [0.717, 1.165) is 30.8 Å². The van der Waals surface area contributed by atoms with E-state index in [1.54, 1.807) is 0 Å². The predicted octanol–water partition coefficient (Wildman–Crippen LogP) is 1.89. The highest BCUT2D eigenvalue weighted by Crippen LogP contribution is 2.16. The molecule has 0 unspecified atom stereocenters. The second-order valence-corrected chi connectivity index (χ2v) is 3.59. The summed E-state index contributed by atoms with van der Waals surface area (Å²) < 4.78 is 5.20. The summed E-state index contributed by atoms with van der Waals surface area (Å²) in [5.41, 5.74) is 0.967. The Kier molecular flexibility index (Phi) is 3.66. The van der Waals surface area contributed by atoms with Crippen LogP contribution in [0.2, 0.25) is 0 Å². The summed E-state index contributed by atoms with van der Waals surface area (Å²) in [4.78, 5) is 4.35. The number of nitrogens with one attached hydrogen (secondary N) is 1. The Labute approximate surface area is 94.7 Å². The Balaban J connectivity index is 2.02. The largest absolute Gasteiger partial charge is 0.334 e. The first-order chi connectivity index (χ1) is 7.90. The Morgan fingerprint density at radius 2 is 2.06 bits per heavy atom. The van der Waals surface area contributed by atoms with Crippen molar-refractivity contribution in [3.8, 4) is 11.5 Å². The van der Waals surface area contributed by atoms with Crippen LogP contribution in [0, 0.1) is 0 Å². The van der Waals surface area contributed by atoms with Gasteiger partial charge < -0.3 is 9.84 Å². The average Bonchev–Trinajstić information content (AvgIpc) is 2.79. The van der Waals surface area contributed by atoms with Crippen LogP contribution in [0.5, 0.6) is 0 Å². The molecule has 2 rings (SSSR count). The highest BCUT2D eigenvalue weighted by atomic mass is 16.5. The second kappa shape index (κ2) is 5.42. The molecule has 16 heavy (non-hydrogen) atoms. The molecule has 2 aromatic rings. The van der Waals surface area contributed by atoms with E-state index < -0.39 is 0 Å². The van der Waals surface area contributed by atoms with Crippen molar-refractivity contribution in [3.05, 3.63) is 36.2 Å². The first kappa shape index (κ1) is 10.8. The third kappa shape index (κ3) is 2.67. The molecule has 1 heterocycles.